The van der Waals surface area contributed by atoms with Gasteiger partial charge in [0.1, 0.15) is 10.6 Å². The van der Waals surface area contributed by atoms with Gasteiger partial charge in [0.05, 0.1) is 17.7 Å². The number of anilines is 1. The Morgan fingerprint density at radius 2 is 1.70 bits per heavy atom. The van der Waals surface area contributed by atoms with Crippen LogP contribution in [0.4, 0.5) is 5.69 Å². The third-order valence-electron chi connectivity index (χ3n) is 5.28. The number of halogens is 1. The first-order chi connectivity index (χ1) is 15.6. The molecule has 1 atom stereocenters. The maximum atomic E-state index is 13.0. The number of rotatable bonds is 8. The highest BCUT2D eigenvalue weighted by Crippen LogP contribution is 2.26. The first-order valence-electron chi connectivity index (χ1n) is 10.5. The van der Waals surface area contributed by atoms with Gasteiger partial charge in [0.2, 0.25) is 0 Å². The molecule has 0 bridgehead atoms. The maximum Gasteiger partial charge on any atom is 0.263 e. The molecule has 1 amide bonds. The lowest BCUT2D eigenvalue weighted by Gasteiger charge is -2.16. The normalized spacial score (nSPS) is 12.2. The molecule has 8 heteroatoms. The lowest BCUT2D eigenvalue weighted by molar-refractivity contribution is 0.0939. The summed E-state index contributed by atoms with van der Waals surface area (Å²) in [7, 11) is -4.00. The lowest BCUT2D eigenvalue weighted by Crippen LogP contribution is -2.27. The van der Waals surface area contributed by atoms with Gasteiger partial charge < -0.3 is 10.1 Å². The minimum Gasteiger partial charge on any atom is -0.494 e. The molecule has 0 aliphatic heterocycles. The quantitative estimate of drug-likeness (QED) is 0.431. The van der Waals surface area contributed by atoms with Gasteiger partial charge in [0.15, 0.2) is 0 Å². The van der Waals surface area contributed by atoms with Gasteiger partial charge in [-0.3, -0.25) is 9.52 Å². The van der Waals surface area contributed by atoms with Gasteiger partial charge in [0, 0.05) is 11.3 Å². The number of nitrogens with one attached hydrogen (secondary N) is 2. The molecule has 0 heterocycles. The average molecular weight is 487 g/mol. The van der Waals surface area contributed by atoms with Crippen molar-refractivity contribution in [2.45, 2.75) is 38.6 Å². The average Bonchev–Trinajstić information content (AvgIpc) is 2.77. The SMILES string of the molecule is CCOc1ccc([C@@H](C)NC(=O)c2ccc(Cl)c(S(=O)(=O)Nc3ccc(C)c(C)c3)c2)cc1. The summed E-state index contributed by atoms with van der Waals surface area (Å²) in [4.78, 5) is 12.7. The molecule has 3 aromatic carbocycles. The van der Waals surface area contributed by atoms with Crippen molar-refractivity contribution >= 4 is 33.2 Å². The van der Waals surface area contributed by atoms with E-state index in [1.165, 1.54) is 18.2 Å². The van der Waals surface area contributed by atoms with E-state index in [0.717, 1.165) is 22.4 Å². The summed E-state index contributed by atoms with van der Waals surface area (Å²) in [6.45, 7) is 8.18. The Morgan fingerprint density at radius 1 is 1.00 bits per heavy atom. The van der Waals surface area contributed by atoms with E-state index in [2.05, 4.69) is 10.0 Å². The van der Waals surface area contributed by atoms with Crippen molar-refractivity contribution < 1.29 is 17.9 Å². The van der Waals surface area contributed by atoms with Crippen molar-refractivity contribution in [3.05, 3.63) is 87.9 Å². The van der Waals surface area contributed by atoms with Gasteiger partial charge in [-0.2, -0.15) is 0 Å². The molecule has 0 aliphatic rings. The minimum atomic E-state index is -4.00. The highest BCUT2D eigenvalue weighted by Gasteiger charge is 2.21. The van der Waals surface area contributed by atoms with E-state index in [0.29, 0.717) is 12.3 Å². The minimum absolute atomic E-state index is 0.0300. The summed E-state index contributed by atoms with van der Waals surface area (Å²) < 4.78 is 33.9. The van der Waals surface area contributed by atoms with Crippen LogP contribution in [0.1, 0.15) is 46.9 Å². The third-order valence-corrected chi connectivity index (χ3v) is 7.14. The van der Waals surface area contributed by atoms with Crippen LogP contribution in [0.3, 0.4) is 0 Å². The zero-order valence-corrected chi connectivity index (χ0v) is 20.5. The maximum absolute atomic E-state index is 13.0. The summed E-state index contributed by atoms with van der Waals surface area (Å²) in [5.41, 5.74) is 3.52. The second-order valence-electron chi connectivity index (χ2n) is 7.75. The number of carbonyl (C=O) groups is 1. The predicted molar refractivity (Wildman–Crippen MR) is 132 cm³/mol. The molecule has 0 spiro atoms. The van der Waals surface area contributed by atoms with E-state index < -0.39 is 15.9 Å². The van der Waals surface area contributed by atoms with Gasteiger partial charge in [0.25, 0.3) is 15.9 Å². The predicted octanol–water partition coefficient (Wildman–Crippen LogP) is 5.65. The topological polar surface area (TPSA) is 84.5 Å². The van der Waals surface area contributed by atoms with Gasteiger partial charge in [-0.1, -0.05) is 29.8 Å². The number of hydrogen-bond acceptors (Lipinski definition) is 4. The van der Waals surface area contributed by atoms with Crippen molar-refractivity contribution in [1.82, 2.24) is 5.32 Å². The van der Waals surface area contributed by atoms with E-state index in [4.69, 9.17) is 16.3 Å². The van der Waals surface area contributed by atoms with Crippen LogP contribution in [0.2, 0.25) is 5.02 Å². The van der Waals surface area contributed by atoms with Crippen LogP contribution in [-0.2, 0) is 10.0 Å². The molecule has 0 radical (unpaired) electrons. The van der Waals surface area contributed by atoms with Gasteiger partial charge in [-0.15, -0.1) is 0 Å². The standard InChI is InChI=1S/C25H27ClN2O4S/c1-5-32-22-11-7-19(8-12-22)18(4)27-25(29)20-9-13-23(26)24(15-20)33(30,31)28-21-10-6-16(2)17(3)14-21/h6-15,18,28H,5H2,1-4H3,(H,27,29)/t18-/m1/s1. The highest BCUT2D eigenvalue weighted by molar-refractivity contribution is 7.92. The van der Waals surface area contributed by atoms with Crippen LogP contribution in [0.15, 0.2) is 65.6 Å². The number of benzene rings is 3. The van der Waals surface area contributed by atoms with Crippen LogP contribution < -0.4 is 14.8 Å². The van der Waals surface area contributed by atoms with E-state index in [9.17, 15) is 13.2 Å². The zero-order chi connectivity index (χ0) is 24.2. The molecule has 0 aliphatic carbocycles. The van der Waals surface area contributed by atoms with Crippen molar-refractivity contribution in [3.63, 3.8) is 0 Å². The molecule has 174 valence electrons. The first kappa shape index (κ1) is 24.6. The second kappa shape index (κ2) is 10.3. The number of ether oxygens (including phenoxy) is 1. The molecule has 3 aromatic rings. The van der Waals surface area contributed by atoms with E-state index in [1.54, 1.807) is 12.1 Å². The van der Waals surface area contributed by atoms with Gasteiger partial charge in [-0.05, 0) is 86.8 Å². The fourth-order valence-electron chi connectivity index (χ4n) is 3.25. The zero-order valence-electron chi connectivity index (χ0n) is 19.0. The van der Waals surface area contributed by atoms with Crippen molar-refractivity contribution in [3.8, 4) is 5.75 Å². The summed E-state index contributed by atoms with van der Waals surface area (Å²) in [6.07, 6.45) is 0. The van der Waals surface area contributed by atoms with Gasteiger partial charge >= 0.3 is 0 Å². The van der Waals surface area contributed by atoms with E-state index >= 15 is 0 Å². The molecule has 33 heavy (non-hydrogen) atoms. The Bertz CT molecular complexity index is 1260. The van der Waals surface area contributed by atoms with Crippen LogP contribution in [0.5, 0.6) is 5.75 Å². The number of carbonyl (C=O) groups excluding carboxylic acids is 1. The molecule has 6 nitrogen and oxygen atoms in total. The molecule has 0 fully saturated rings. The third kappa shape index (κ3) is 6.06. The van der Waals surface area contributed by atoms with Crippen LogP contribution in [0, 0.1) is 13.8 Å². The summed E-state index contributed by atoms with van der Waals surface area (Å²) >= 11 is 6.19. The van der Waals surface area contributed by atoms with Crippen LogP contribution in [-0.4, -0.2) is 20.9 Å². The van der Waals surface area contributed by atoms with Crippen LogP contribution in [0.25, 0.3) is 0 Å². The molecule has 0 unspecified atom stereocenters. The number of sulfonamides is 1. The monoisotopic (exact) mass is 486 g/mol. The number of hydrogen-bond donors (Lipinski definition) is 2. The summed E-state index contributed by atoms with van der Waals surface area (Å²) in [5, 5.41) is 2.92. The molecular weight excluding hydrogens is 460 g/mol. The van der Waals surface area contributed by atoms with Crippen molar-refractivity contribution in [1.29, 1.82) is 0 Å². The summed E-state index contributed by atoms with van der Waals surface area (Å²) in [6, 6.07) is 16.6. The Kier molecular flexibility index (Phi) is 7.66. The largest absolute Gasteiger partial charge is 0.494 e. The number of amides is 1. The van der Waals surface area contributed by atoms with E-state index in [-0.39, 0.29) is 21.5 Å². The van der Waals surface area contributed by atoms with Crippen molar-refractivity contribution in [2.75, 3.05) is 11.3 Å². The summed E-state index contributed by atoms with van der Waals surface area (Å²) in [5.74, 6) is 0.347. The fraction of sp³-hybridized carbons (Fsp3) is 0.240. The second-order valence-corrected chi connectivity index (χ2v) is 9.80. The Labute approximate surface area is 200 Å². The van der Waals surface area contributed by atoms with Crippen molar-refractivity contribution in [2.24, 2.45) is 0 Å². The van der Waals surface area contributed by atoms with Gasteiger partial charge in [-0.25, -0.2) is 8.42 Å². The Hall–Kier alpha value is -3.03. The fourth-order valence-corrected chi connectivity index (χ4v) is 4.82. The van der Waals surface area contributed by atoms with Crippen LogP contribution >= 0.6 is 11.6 Å². The smallest absolute Gasteiger partial charge is 0.263 e. The molecular formula is C25H27ClN2O4S. The molecule has 2 N–H and O–H groups in total. The highest BCUT2D eigenvalue weighted by atomic mass is 35.5. The van der Waals surface area contributed by atoms with E-state index in [1.807, 2.05) is 58.0 Å². The molecule has 0 aromatic heterocycles. The molecule has 0 saturated heterocycles. The Morgan fingerprint density at radius 3 is 2.33 bits per heavy atom. The number of aryl methyl sites for hydroxylation is 2. The molecule has 3 rings (SSSR count). The molecule has 0 saturated carbocycles. The first-order valence-corrected chi connectivity index (χ1v) is 12.4. The lowest BCUT2D eigenvalue weighted by atomic mass is 10.1. The Balaban J connectivity index is 1.79.